The van der Waals surface area contributed by atoms with E-state index in [-0.39, 0.29) is 17.7 Å². The van der Waals surface area contributed by atoms with E-state index in [9.17, 15) is 9.90 Å². The molecule has 5 nitrogen and oxygen atoms in total. The summed E-state index contributed by atoms with van der Waals surface area (Å²) in [6, 6.07) is 16.6. The van der Waals surface area contributed by atoms with Gasteiger partial charge < -0.3 is 10.0 Å². The van der Waals surface area contributed by atoms with Crippen molar-refractivity contribution in [2.45, 2.75) is 72.0 Å². The maximum absolute atomic E-state index is 12.8. The maximum Gasteiger partial charge on any atom is 0.253 e. The molecule has 2 aromatic rings. The van der Waals surface area contributed by atoms with Crippen molar-refractivity contribution < 1.29 is 9.90 Å². The Morgan fingerprint density at radius 2 is 1.68 bits per heavy atom. The molecule has 1 saturated heterocycles. The Morgan fingerprint density at radius 1 is 0.971 bits per heavy atom. The lowest BCUT2D eigenvalue weighted by Gasteiger charge is -2.47. The van der Waals surface area contributed by atoms with Gasteiger partial charge in [0.2, 0.25) is 0 Å². The Labute approximate surface area is 206 Å². The molecule has 1 heterocycles. The predicted molar refractivity (Wildman–Crippen MR) is 140 cm³/mol. The molecule has 0 unspecified atom stereocenters. The van der Waals surface area contributed by atoms with Crippen molar-refractivity contribution in [2.75, 3.05) is 32.7 Å². The van der Waals surface area contributed by atoms with Gasteiger partial charge in [0.05, 0.1) is 6.04 Å². The number of phenolic OH excluding ortho intramolecular Hbond substituents is 1. The summed E-state index contributed by atoms with van der Waals surface area (Å²) in [4.78, 5) is 19.9. The zero-order valence-electron chi connectivity index (χ0n) is 21.7. The Morgan fingerprint density at radius 3 is 2.29 bits per heavy atom. The van der Waals surface area contributed by atoms with E-state index >= 15 is 0 Å². The molecule has 1 fully saturated rings. The number of carbonyl (C=O) groups excluding carboxylic acids is 1. The number of nitrogens with zero attached hydrogens (tertiary/aromatic N) is 3. The summed E-state index contributed by atoms with van der Waals surface area (Å²) in [7, 11) is 0. The van der Waals surface area contributed by atoms with Crippen LogP contribution in [-0.4, -0.2) is 70.5 Å². The van der Waals surface area contributed by atoms with Gasteiger partial charge in [0.1, 0.15) is 5.75 Å². The Bertz CT molecular complexity index is 910. The van der Waals surface area contributed by atoms with E-state index in [1.54, 1.807) is 6.07 Å². The van der Waals surface area contributed by atoms with Gasteiger partial charge in [-0.1, -0.05) is 44.0 Å². The van der Waals surface area contributed by atoms with Crippen LogP contribution in [0.4, 0.5) is 0 Å². The highest BCUT2D eigenvalue weighted by Crippen LogP contribution is 2.34. The molecule has 0 radical (unpaired) electrons. The lowest BCUT2D eigenvalue weighted by atomic mass is 9.92. The summed E-state index contributed by atoms with van der Waals surface area (Å²) in [5.74, 6) is 0.364. The molecule has 1 aliphatic heterocycles. The summed E-state index contributed by atoms with van der Waals surface area (Å²) in [5, 5.41) is 10.2. The number of aromatic hydroxyl groups is 1. The van der Waals surface area contributed by atoms with Gasteiger partial charge in [-0.3, -0.25) is 14.6 Å². The molecule has 1 N–H and O–H groups in total. The third-order valence-electron chi connectivity index (χ3n) is 7.25. The van der Waals surface area contributed by atoms with Gasteiger partial charge in [-0.2, -0.15) is 0 Å². The van der Waals surface area contributed by atoms with Crippen LogP contribution in [0.1, 0.15) is 81.4 Å². The lowest BCUT2D eigenvalue weighted by Crippen LogP contribution is -2.57. The smallest absolute Gasteiger partial charge is 0.253 e. The van der Waals surface area contributed by atoms with Crippen molar-refractivity contribution in [1.82, 2.24) is 14.7 Å². The van der Waals surface area contributed by atoms with E-state index in [2.05, 4.69) is 48.8 Å². The van der Waals surface area contributed by atoms with Crippen molar-refractivity contribution in [3.8, 4) is 5.75 Å². The molecule has 3 atom stereocenters. The highest BCUT2D eigenvalue weighted by molar-refractivity contribution is 5.94. The number of carbonyl (C=O) groups is 1. The number of hydrogen-bond donors (Lipinski definition) is 1. The third-order valence-corrected chi connectivity index (χ3v) is 7.25. The van der Waals surface area contributed by atoms with Crippen molar-refractivity contribution in [3.05, 3.63) is 65.2 Å². The van der Waals surface area contributed by atoms with Crippen LogP contribution in [0.25, 0.3) is 0 Å². The Balaban J connectivity index is 1.89. The first kappa shape index (κ1) is 26.2. The van der Waals surface area contributed by atoms with Crippen molar-refractivity contribution in [2.24, 2.45) is 0 Å². The second kappa shape index (κ2) is 12.4. The first-order valence-electron chi connectivity index (χ1n) is 13.1. The van der Waals surface area contributed by atoms with E-state index in [4.69, 9.17) is 0 Å². The van der Waals surface area contributed by atoms with Gasteiger partial charge in [-0.25, -0.2) is 0 Å². The van der Waals surface area contributed by atoms with E-state index in [0.29, 0.717) is 25.2 Å². The number of piperazine rings is 1. The summed E-state index contributed by atoms with van der Waals surface area (Å²) < 4.78 is 0. The largest absolute Gasteiger partial charge is 0.508 e. The SMILES string of the molecule is CCCCCN1C[C@H](C)N([C@H](c2ccc(C(=O)N(CC)CC)cc2)c2cccc(O)c2)C[C@H]1C. The van der Waals surface area contributed by atoms with Crippen LogP contribution in [0, 0.1) is 0 Å². The molecule has 1 amide bonds. The second-order valence-corrected chi connectivity index (χ2v) is 9.69. The van der Waals surface area contributed by atoms with Gasteiger partial charge >= 0.3 is 0 Å². The van der Waals surface area contributed by atoms with Gasteiger partial charge in [-0.15, -0.1) is 0 Å². The first-order valence-corrected chi connectivity index (χ1v) is 13.1. The zero-order valence-corrected chi connectivity index (χ0v) is 21.7. The molecule has 34 heavy (non-hydrogen) atoms. The summed E-state index contributed by atoms with van der Waals surface area (Å²) in [6.45, 7) is 15.5. The topological polar surface area (TPSA) is 47.0 Å². The van der Waals surface area contributed by atoms with Crippen LogP contribution in [0.5, 0.6) is 5.75 Å². The lowest BCUT2D eigenvalue weighted by molar-refractivity contribution is 0.0232. The summed E-state index contributed by atoms with van der Waals surface area (Å²) in [5.41, 5.74) is 2.96. The fourth-order valence-electron chi connectivity index (χ4n) is 5.23. The van der Waals surface area contributed by atoms with E-state index < -0.39 is 0 Å². The van der Waals surface area contributed by atoms with Crippen LogP contribution in [0.15, 0.2) is 48.5 Å². The number of phenols is 1. The molecular weight excluding hydrogens is 422 g/mol. The Kier molecular flexibility index (Phi) is 9.54. The monoisotopic (exact) mass is 465 g/mol. The molecule has 2 aromatic carbocycles. The van der Waals surface area contributed by atoms with E-state index in [1.807, 2.05) is 43.0 Å². The minimum Gasteiger partial charge on any atom is -0.508 e. The van der Waals surface area contributed by atoms with Crippen molar-refractivity contribution >= 4 is 5.91 Å². The molecule has 0 aliphatic carbocycles. The van der Waals surface area contributed by atoms with Gasteiger partial charge in [0.15, 0.2) is 0 Å². The Hall–Kier alpha value is -2.37. The predicted octanol–water partition coefficient (Wildman–Crippen LogP) is 5.55. The summed E-state index contributed by atoms with van der Waals surface area (Å²) in [6.07, 6.45) is 3.79. The highest BCUT2D eigenvalue weighted by atomic mass is 16.3. The number of amides is 1. The molecule has 0 aromatic heterocycles. The molecule has 1 aliphatic rings. The maximum atomic E-state index is 12.8. The highest BCUT2D eigenvalue weighted by Gasteiger charge is 2.34. The van der Waals surface area contributed by atoms with Crippen LogP contribution in [0.3, 0.4) is 0 Å². The molecule has 3 rings (SSSR count). The van der Waals surface area contributed by atoms with Gasteiger partial charge in [0.25, 0.3) is 5.91 Å². The molecular formula is C29H43N3O2. The minimum atomic E-state index is 0.0277. The first-order chi connectivity index (χ1) is 16.4. The average Bonchev–Trinajstić information content (AvgIpc) is 2.83. The normalized spacial score (nSPS) is 20.3. The number of hydrogen-bond acceptors (Lipinski definition) is 4. The quantitative estimate of drug-likeness (QED) is 0.468. The third kappa shape index (κ3) is 6.19. The standard InChI is InChI=1S/C29H43N3O2/c1-6-9-10-18-31-20-23(5)32(21-22(31)4)28(26-12-11-13-27(33)19-26)24-14-16-25(17-15-24)29(34)30(7-2)8-3/h11-17,19,22-23,28,33H,6-10,18,20-21H2,1-5H3/t22-,23+,28-/m1/s1. The van der Waals surface area contributed by atoms with Gasteiger partial charge in [-0.05, 0) is 76.1 Å². The molecule has 186 valence electrons. The average molecular weight is 466 g/mol. The molecule has 5 heteroatoms. The summed E-state index contributed by atoms with van der Waals surface area (Å²) >= 11 is 0. The van der Waals surface area contributed by atoms with E-state index in [1.165, 1.54) is 19.3 Å². The van der Waals surface area contributed by atoms with E-state index in [0.717, 1.165) is 36.3 Å². The zero-order chi connectivity index (χ0) is 24.7. The van der Waals surface area contributed by atoms with Crippen LogP contribution in [-0.2, 0) is 0 Å². The molecule has 0 spiro atoms. The van der Waals surface area contributed by atoms with Crippen LogP contribution < -0.4 is 0 Å². The second-order valence-electron chi connectivity index (χ2n) is 9.69. The minimum absolute atomic E-state index is 0.0277. The van der Waals surface area contributed by atoms with Crippen LogP contribution in [0.2, 0.25) is 0 Å². The number of rotatable bonds is 10. The van der Waals surface area contributed by atoms with Crippen LogP contribution >= 0.6 is 0 Å². The number of unbranched alkanes of at least 4 members (excludes halogenated alkanes) is 2. The van der Waals surface area contributed by atoms with Crippen molar-refractivity contribution in [3.63, 3.8) is 0 Å². The van der Waals surface area contributed by atoms with Crippen molar-refractivity contribution in [1.29, 1.82) is 0 Å². The molecule has 0 bridgehead atoms. The fraction of sp³-hybridized carbons (Fsp3) is 0.552. The van der Waals surface area contributed by atoms with Gasteiger partial charge in [0, 0.05) is 43.8 Å². The number of benzene rings is 2. The fourth-order valence-corrected chi connectivity index (χ4v) is 5.23. The molecule has 0 saturated carbocycles.